The molecule has 3 heterocycles. The number of nitrogens with zero attached hydrogens (tertiary/aromatic N) is 5. The van der Waals surface area contributed by atoms with Gasteiger partial charge in [-0.3, -0.25) is 19.1 Å². The van der Waals surface area contributed by atoms with E-state index in [0.29, 0.717) is 34.8 Å². The van der Waals surface area contributed by atoms with Crippen LogP contribution in [-0.2, 0) is 19.9 Å². The number of anilines is 1. The molecule has 4 aromatic carbocycles. The van der Waals surface area contributed by atoms with Crippen LogP contribution in [-0.4, -0.2) is 88.0 Å². The van der Waals surface area contributed by atoms with Crippen LogP contribution in [0.3, 0.4) is 0 Å². The molecule has 6 aromatic rings. The lowest BCUT2D eigenvalue weighted by atomic mass is 9.80. The normalized spacial score (nSPS) is 16.3. The highest BCUT2D eigenvalue weighted by Gasteiger charge is 2.40. The summed E-state index contributed by atoms with van der Waals surface area (Å²) in [6, 6.07) is 34.2. The first kappa shape index (κ1) is 35.3. The van der Waals surface area contributed by atoms with Crippen LogP contribution in [0.15, 0.2) is 122 Å². The Balaban J connectivity index is 1.23. The minimum absolute atomic E-state index is 0.0829. The van der Waals surface area contributed by atoms with Crippen LogP contribution in [0, 0.1) is 0 Å². The number of carboxylic acids is 1. The number of imidazole rings is 1. The van der Waals surface area contributed by atoms with Gasteiger partial charge in [0.2, 0.25) is 0 Å². The molecule has 13 nitrogen and oxygen atoms in total. The average Bonchev–Trinajstić information content (AvgIpc) is 3.64. The van der Waals surface area contributed by atoms with Crippen LogP contribution in [0.5, 0.6) is 11.5 Å². The van der Waals surface area contributed by atoms with E-state index in [0.717, 1.165) is 16.7 Å². The number of fused-ring (bicyclic) bond motifs is 1. The lowest BCUT2D eigenvalue weighted by molar-refractivity contribution is -0.162. The van der Waals surface area contributed by atoms with Gasteiger partial charge in [0.1, 0.15) is 29.7 Å². The quantitative estimate of drug-likeness (QED) is 0.148. The molecule has 0 aliphatic carbocycles. The number of aliphatic carboxylic acids is 1. The van der Waals surface area contributed by atoms with Crippen LogP contribution < -0.4 is 14.8 Å². The van der Waals surface area contributed by atoms with Gasteiger partial charge in [-0.2, -0.15) is 0 Å². The van der Waals surface area contributed by atoms with Crippen molar-refractivity contribution < 1.29 is 33.6 Å². The predicted octanol–water partition coefficient (Wildman–Crippen LogP) is 5.39. The molecule has 1 fully saturated rings. The van der Waals surface area contributed by atoms with Crippen LogP contribution >= 0.6 is 0 Å². The van der Waals surface area contributed by atoms with Gasteiger partial charge in [0.05, 0.1) is 39.8 Å². The summed E-state index contributed by atoms with van der Waals surface area (Å²) < 4.78 is 26.5. The molecule has 0 spiro atoms. The first-order valence-electron chi connectivity index (χ1n) is 17.0. The number of amides is 1. The highest BCUT2D eigenvalue weighted by molar-refractivity contribution is 6.06. The monoisotopic (exact) mass is 714 g/mol. The summed E-state index contributed by atoms with van der Waals surface area (Å²) in [6.45, 7) is 0.403. The molecular formula is C40H38N6O7. The Labute approximate surface area is 305 Å². The number of hydrogen-bond acceptors (Lipinski definition) is 10. The second-order valence-corrected chi connectivity index (χ2v) is 12.5. The lowest BCUT2D eigenvalue weighted by Gasteiger charge is -2.41. The van der Waals surface area contributed by atoms with Crippen LogP contribution in [0.2, 0.25) is 0 Å². The fraction of sp³-hybridized carbons (Fsp3) is 0.225. The van der Waals surface area contributed by atoms with Crippen molar-refractivity contribution in [3.05, 3.63) is 144 Å². The molecule has 13 heteroatoms. The van der Waals surface area contributed by atoms with Crippen molar-refractivity contribution in [2.75, 3.05) is 45.8 Å². The van der Waals surface area contributed by atoms with E-state index in [1.54, 1.807) is 54.3 Å². The number of aromatic nitrogens is 4. The molecule has 0 saturated carbocycles. The highest BCUT2D eigenvalue weighted by Crippen LogP contribution is 2.42. The van der Waals surface area contributed by atoms with E-state index < -0.39 is 23.9 Å². The second kappa shape index (κ2) is 15.6. The molecule has 0 radical (unpaired) electrons. The number of methoxy groups -OCH3 is 2. The number of carbonyl (C=O) groups is 2. The number of ether oxygens (including phenoxy) is 4. The molecule has 1 amide bonds. The Morgan fingerprint density at radius 3 is 2.02 bits per heavy atom. The van der Waals surface area contributed by atoms with Crippen LogP contribution in [0.1, 0.15) is 33.3 Å². The maximum Gasteiger partial charge on any atom is 0.317 e. The Morgan fingerprint density at radius 1 is 0.811 bits per heavy atom. The SMILES string of the molecule is COc1ccc(C(OCC2CN(CC(=O)O)CC(n3cnc4c(NC(=O)c5ccccc5)ncnc43)O2)(c2ccccc2)c2ccc(OC)cc2)cc1. The molecule has 1 aliphatic rings. The molecule has 7 rings (SSSR count). The van der Waals surface area contributed by atoms with Crippen molar-refractivity contribution in [1.29, 1.82) is 0 Å². The smallest absolute Gasteiger partial charge is 0.317 e. The van der Waals surface area contributed by atoms with E-state index in [9.17, 15) is 14.7 Å². The Morgan fingerprint density at radius 2 is 1.42 bits per heavy atom. The molecule has 1 aliphatic heterocycles. The Bertz CT molecular complexity index is 2110. The standard InChI is InChI=1S/C40H38N6O7/c1-50-31-17-13-29(14-18-31)40(28-11-7-4-8-12-28,30-15-19-32(51-2)20-16-30)52-24-33-21-45(23-35(47)48)22-34(53-33)46-26-43-36-37(41-25-42-38(36)46)44-39(49)27-9-5-3-6-10-27/h3-20,25-26,33-34H,21-24H2,1-2H3,(H,47,48)(H,41,42,44,49). The van der Waals surface area contributed by atoms with E-state index in [4.69, 9.17) is 18.9 Å². The van der Waals surface area contributed by atoms with Gasteiger partial charge in [-0.15, -0.1) is 0 Å². The highest BCUT2D eigenvalue weighted by atomic mass is 16.6. The molecular weight excluding hydrogens is 676 g/mol. The van der Waals surface area contributed by atoms with E-state index >= 15 is 0 Å². The zero-order chi connectivity index (χ0) is 36.8. The Kier molecular flexibility index (Phi) is 10.4. The molecule has 0 bridgehead atoms. The maximum atomic E-state index is 13.0. The van der Waals surface area contributed by atoms with Crippen molar-refractivity contribution in [3.8, 4) is 11.5 Å². The van der Waals surface area contributed by atoms with E-state index in [1.165, 1.54) is 6.33 Å². The number of benzene rings is 4. The average molecular weight is 715 g/mol. The number of carboxylic acid groups (broad SMARTS) is 1. The van der Waals surface area contributed by atoms with E-state index in [1.807, 2.05) is 84.9 Å². The first-order chi connectivity index (χ1) is 25.9. The Hall–Kier alpha value is -6.15. The van der Waals surface area contributed by atoms with Gasteiger partial charge >= 0.3 is 5.97 Å². The third-order valence-corrected chi connectivity index (χ3v) is 9.18. The topological polar surface area (TPSA) is 150 Å². The zero-order valence-electron chi connectivity index (χ0n) is 29.2. The van der Waals surface area contributed by atoms with Gasteiger partial charge in [0.25, 0.3) is 5.91 Å². The summed E-state index contributed by atoms with van der Waals surface area (Å²) in [5.41, 5.74) is 2.74. The summed E-state index contributed by atoms with van der Waals surface area (Å²) in [4.78, 5) is 40.1. The zero-order valence-corrected chi connectivity index (χ0v) is 29.2. The summed E-state index contributed by atoms with van der Waals surface area (Å²) >= 11 is 0. The maximum absolute atomic E-state index is 13.0. The minimum Gasteiger partial charge on any atom is -0.497 e. The first-order valence-corrected chi connectivity index (χ1v) is 17.0. The molecule has 2 N–H and O–H groups in total. The molecule has 2 unspecified atom stereocenters. The fourth-order valence-corrected chi connectivity index (χ4v) is 6.67. The van der Waals surface area contributed by atoms with Crippen molar-refractivity contribution >= 4 is 28.9 Å². The summed E-state index contributed by atoms with van der Waals surface area (Å²) in [7, 11) is 3.24. The summed E-state index contributed by atoms with van der Waals surface area (Å²) in [5, 5.41) is 12.7. The molecule has 270 valence electrons. The fourth-order valence-electron chi connectivity index (χ4n) is 6.67. The lowest BCUT2D eigenvalue weighted by Crippen LogP contribution is -2.50. The number of morpholine rings is 1. The minimum atomic E-state index is -1.10. The van der Waals surface area contributed by atoms with Crippen molar-refractivity contribution in [2.45, 2.75) is 17.9 Å². The van der Waals surface area contributed by atoms with Crippen LogP contribution in [0.25, 0.3) is 11.2 Å². The number of rotatable bonds is 13. The van der Waals surface area contributed by atoms with Crippen molar-refractivity contribution in [3.63, 3.8) is 0 Å². The third kappa shape index (κ3) is 7.44. The molecule has 2 atom stereocenters. The third-order valence-electron chi connectivity index (χ3n) is 9.18. The molecule has 2 aromatic heterocycles. The van der Waals surface area contributed by atoms with Gasteiger partial charge in [-0.25, -0.2) is 15.0 Å². The van der Waals surface area contributed by atoms with E-state index in [-0.39, 0.29) is 31.4 Å². The van der Waals surface area contributed by atoms with Gasteiger partial charge in [0.15, 0.2) is 17.0 Å². The van der Waals surface area contributed by atoms with E-state index in [2.05, 4.69) is 20.3 Å². The molecule has 1 saturated heterocycles. The predicted molar refractivity (Wildman–Crippen MR) is 196 cm³/mol. The number of carbonyl (C=O) groups excluding carboxylic acids is 1. The van der Waals surface area contributed by atoms with Gasteiger partial charge in [-0.05, 0) is 53.1 Å². The largest absolute Gasteiger partial charge is 0.497 e. The van der Waals surface area contributed by atoms with Crippen molar-refractivity contribution in [2.24, 2.45) is 0 Å². The second-order valence-electron chi connectivity index (χ2n) is 12.5. The van der Waals surface area contributed by atoms with Gasteiger partial charge < -0.3 is 29.4 Å². The summed E-state index contributed by atoms with van der Waals surface area (Å²) in [5.74, 6) is 0.339. The van der Waals surface area contributed by atoms with Crippen LogP contribution in [0.4, 0.5) is 5.82 Å². The van der Waals surface area contributed by atoms with Crippen molar-refractivity contribution in [1.82, 2.24) is 24.4 Å². The number of hydrogen-bond donors (Lipinski definition) is 2. The van der Waals surface area contributed by atoms with Gasteiger partial charge in [0, 0.05) is 18.7 Å². The van der Waals surface area contributed by atoms with Gasteiger partial charge in [-0.1, -0.05) is 72.8 Å². The molecule has 53 heavy (non-hydrogen) atoms. The number of nitrogens with one attached hydrogen (secondary N) is 1. The summed E-state index contributed by atoms with van der Waals surface area (Å²) in [6.07, 6.45) is 1.64.